The zero-order valence-electron chi connectivity index (χ0n) is 20.9. The lowest BCUT2D eigenvalue weighted by molar-refractivity contribution is -0.153. The van der Waals surface area contributed by atoms with Crippen LogP contribution in [-0.2, 0) is 23.9 Å². The Hall–Kier alpha value is -1.91. The maximum absolute atomic E-state index is 12.0. The largest absolute Gasteiger partial charge is 0.463 e. The molecule has 0 radical (unpaired) electrons. The molecule has 4 unspecified atom stereocenters. The fraction of sp³-hybridized carbons (Fsp3) is 0.750. The highest BCUT2D eigenvalue weighted by molar-refractivity contribution is 5.87. The molecule has 4 aliphatic rings. The molecule has 0 bridgehead atoms. The van der Waals surface area contributed by atoms with E-state index in [1.54, 1.807) is 13.0 Å². The minimum atomic E-state index is -0.214. The lowest BCUT2D eigenvalue weighted by atomic mass is 9.46. The third-order valence-corrected chi connectivity index (χ3v) is 9.60. The third kappa shape index (κ3) is 4.33. The molecular formula is C28H40O5. The number of rotatable bonds is 5. The highest BCUT2D eigenvalue weighted by Gasteiger charge is 2.60. The van der Waals surface area contributed by atoms with Gasteiger partial charge in [-0.2, -0.15) is 0 Å². The SMILES string of the molecule is CC(=O)/C=C/[C@]12CC[C@H](OC(C)=O)CC1=CCC1C2CC[C@@]2(C)C1CC[C@@H]2C(C)OC(C)=O. The molecule has 0 aromatic carbocycles. The van der Waals surface area contributed by atoms with Crippen molar-refractivity contribution in [1.82, 2.24) is 0 Å². The summed E-state index contributed by atoms with van der Waals surface area (Å²) in [7, 11) is 0. The number of ether oxygens (including phenoxy) is 2. The van der Waals surface area contributed by atoms with Gasteiger partial charge >= 0.3 is 11.9 Å². The summed E-state index contributed by atoms with van der Waals surface area (Å²) in [5.41, 5.74) is 1.44. The van der Waals surface area contributed by atoms with E-state index in [9.17, 15) is 14.4 Å². The van der Waals surface area contributed by atoms with Crippen LogP contribution in [0.15, 0.2) is 23.8 Å². The Kier molecular flexibility index (Phi) is 6.63. The number of esters is 2. The number of hydrogen-bond acceptors (Lipinski definition) is 5. The van der Waals surface area contributed by atoms with Gasteiger partial charge in [0.1, 0.15) is 12.2 Å². The normalized spacial score (nSPS) is 40.8. The molecule has 4 aliphatic carbocycles. The van der Waals surface area contributed by atoms with Gasteiger partial charge in [-0.1, -0.05) is 24.6 Å². The lowest BCUT2D eigenvalue weighted by Gasteiger charge is -2.58. The fourth-order valence-electron chi connectivity index (χ4n) is 8.40. The Morgan fingerprint density at radius 1 is 1.03 bits per heavy atom. The van der Waals surface area contributed by atoms with Crippen LogP contribution in [0.5, 0.6) is 0 Å². The Bertz CT molecular complexity index is 872. The molecule has 0 N–H and O–H groups in total. The second-order valence-corrected chi connectivity index (χ2v) is 11.3. The number of carbonyl (C=O) groups is 3. The van der Waals surface area contributed by atoms with Crippen molar-refractivity contribution in [2.24, 2.45) is 34.5 Å². The van der Waals surface area contributed by atoms with Gasteiger partial charge in [-0.05, 0) is 88.0 Å². The van der Waals surface area contributed by atoms with Gasteiger partial charge in [0, 0.05) is 31.6 Å². The number of hydrogen-bond donors (Lipinski definition) is 0. The standard InChI is InChI=1S/C28H40O5/c1-17(29)10-14-28-15-11-22(33-20(4)31)16-21(28)6-7-23-25-9-8-24(18(2)32-19(3)30)27(25,5)13-12-26(23)28/h6,10,14,18,22-26H,7-9,11-13,15-16H2,1-5H3/b14-10+/t18?,22-,23?,24+,25?,26?,27+,28-/m0/s1. The first kappa shape index (κ1) is 24.2. The van der Waals surface area contributed by atoms with E-state index in [0.717, 1.165) is 44.9 Å². The summed E-state index contributed by atoms with van der Waals surface area (Å²) < 4.78 is 11.2. The summed E-state index contributed by atoms with van der Waals surface area (Å²) in [4.78, 5) is 35.2. The summed E-state index contributed by atoms with van der Waals surface area (Å²) in [6, 6.07) is 0. The zero-order valence-corrected chi connectivity index (χ0v) is 20.9. The van der Waals surface area contributed by atoms with Gasteiger partial charge in [-0.3, -0.25) is 14.4 Å². The first-order valence-electron chi connectivity index (χ1n) is 12.8. The van der Waals surface area contributed by atoms with E-state index in [2.05, 4.69) is 26.0 Å². The molecule has 33 heavy (non-hydrogen) atoms. The summed E-state index contributed by atoms with van der Waals surface area (Å²) in [5, 5.41) is 0. The van der Waals surface area contributed by atoms with Crippen LogP contribution in [0.4, 0.5) is 0 Å². The maximum atomic E-state index is 12.0. The molecule has 0 saturated heterocycles. The van der Waals surface area contributed by atoms with Gasteiger partial charge in [-0.15, -0.1) is 0 Å². The monoisotopic (exact) mass is 456 g/mol. The molecule has 0 heterocycles. The average Bonchev–Trinajstić information content (AvgIpc) is 3.08. The molecule has 0 spiro atoms. The highest BCUT2D eigenvalue weighted by atomic mass is 16.5. The second kappa shape index (κ2) is 9.03. The van der Waals surface area contributed by atoms with Crippen molar-refractivity contribution < 1.29 is 23.9 Å². The van der Waals surface area contributed by atoms with Crippen LogP contribution in [0.25, 0.3) is 0 Å². The van der Waals surface area contributed by atoms with Crippen LogP contribution in [0.2, 0.25) is 0 Å². The molecule has 0 amide bonds. The van der Waals surface area contributed by atoms with Gasteiger partial charge in [0.05, 0.1) is 0 Å². The van der Waals surface area contributed by atoms with Crippen molar-refractivity contribution >= 4 is 17.7 Å². The van der Waals surface area contributed by atoms with Crippen LogP contribution in [0.3, 0.4) is 0 Å². The zero-order chi connectivity index (χ0) is 24.0. The number of allylic oxidation sites excluding steroid dienone is 3. The predicted octanol–water partition coefficient (Wildman–Crippen LogP) is 5.57. The van der Waals surface area contributed by atoms with E-state index < -0.39 is 0 Å². The minimum Gasteiger partial charge on any atom is -0.463 e. The number of ketones is 1. The van der Waals surface area contributed by atoms with Gasteiger partial charge in [0.25, 0.3) is 0 Å². The summed E-state index contributed by atoms with van der Waals surface area (Å²) >= 11 is 0. The van der Waals surface area contributed by atoms with Crippen molar-refractivity contribution in [2.75, 3.05) is 0 Å². The molecule has 0 aromatic rings. The van der Waals surface area contributed by atoms with E-state index in [4.69, 9.17) is 9.47 Å². The van der Waals surface area contributed by atoms with Gasteiger partial charge in [0.15, 0.2) is 5.78 Å². The van der Waals surface area contributed by atoms with Crippen molar-refractivity contribution in [3.63, 3.8) is 0 Å². The molecule has 5 heteroatoms. The smallest absolute Gasteiger partial charge is 0.302 e. The molecule has 182 valence electrons. The molecule has 0 aromatic heterocycles. The molecular weight excluding hydrogens is 416 g/mol. The number of fused-ring (bicyclic) bond motifs is 5. The minimum absolute atomic E-state index is 0.0468. The first-order chi connectivity index (χ1) is 15.6. The van der Waals surface area contributed by atoms with E-state index in [1.807, 2.05) is 0 Å². The molecule has 8 atom stereocenters. The van der Waals surface area contributed by atoms with Gasteiger partial charge in [-0.25, -0.2) is 0 Å². The number of carbonyl (C=O) groups excluding carboxylic acids is 3. The summed E-state index contributed by atoms with van der Waals surface area (Å²) in [5.74, 6) is 1.77. The average molecular weight is 457 g/mol. The Labute approximate surface area is 198 Å². The van der Waals surface area contributed by atoms with Crippen LogP contribution in [0.1, 0.15) is 86.0 Å². The van der Waals surface area contributed by atoms with Crippen molar-refractivity contribution in [3.8, 4) is 0 Å². The topological polar surface area (TPSA) is 69.7 Å². The fourth-order valence-corrected chi connectivity index (χ4v) is 8.40. The molecule has 4 rings (SSSR count). The van der Waals surface area contributed by atoms with E-state index in [0.29, 0.717) is 23.7 Å². The van der Waals surface area contributed by atoms with Crippen LogP contribution >= 0.6 is 0 Å². The Morgan fingerprint density at radius 2 is 1.79 bits per heavy atom. The quantitative estimate of drug-likeness (QED) is 0.307. The third-order valence-electron chi connectivity index (χ3n) is 9.60. The highest BCUT2D eigenvalue weighted by Crippen LogP contribution is 2.67. The van der Waals surface area contributed by atoms with Crippen LogP contribution in [0, 0.1) is 34.5 Å². The van der Waals surface area contributed by atoms with Gasteiger partial charge < -0.3 is 9.47 Å². The first-order valence-corrected chi connectivity index (χ1v) is 12.8. The second-order valence-electron chi connectivity index (χ2n) is 11.3. The maximum Gasteiger partial charge on any atom is 0.302 e. The van der Waals surface area contributed by atoms with Gasteiger partial charge in [0.2, 0.25) is 0 Å². The summed E-state index contributed by atoms with van der Waals surface area (Å²) in [6.45, 7) is 9.11. The van der Waals surface area contributed by atoms with E-state index in [-0.39, 0.29) is 40.8 Å². The molecule has 5 nitrogen and oxygen atoms in total. The lowest BCUT2D eigenvalue weighted by Crippen LogP contribution is -2.52. The van der Waals surface area contributed by atoms with Crippen molar-refractivity contribution in [2.45, 2.75) is 98.2 Å². The van der Waals surface area contributed by atoms with Crippen LogP contribution in [-0.4, -0.2) is 29.9 Å². The summed E-state index contributed by atoms with van der Waals surface area (Å²) in [6.07, 6.45) is 14.4. The van der Waals surface area contributed by atoms with E-state index >= 15 is 0 Å². The molecule has 3 saturated carbocycles. The van der Waals surface area contributed by atoms with Crippen molar-refractivity contribution in [1.29, 1.82) is 0 Å². The van der Waals surface area contributed by atoms with Crippen molar-refractivity contribution in [3.05, 3.63) is 23.8 Å². The van der Waals surface area contributed by atoms with E-state index in [1.165, 1.54) is 25.8 Å². The predicted molar refractivity (Wildman–Crippen MR) is 126 cm³/mol. The Morgan fingerprint density at radius 3 is 2.45 bits per heavy atom. The Balaban J connectivity index is 1.64. The van der Waals surface area contributed by atoms with Crippen LogP contribution < -0.4 is 0 Å². The molecule has 0 aliphatic heterocycles. The molecule has 3 fully saturated rings.